The summed E-state index contributed by atoms with van der Waals surface area (Å²) >= 11 is 7.55. The van der Waals surface area contributed by atoms with Crippen LogP contribution in [0.4, 0.5) is 0 Å². The van der Waals surface area contributed by atoms with E-state index < -0.39 is 0 Å². The van der Waals surface area contributed by atoms with Gasteiger partial charge in [-0.05, 0) is 36.3 Å². The van der Waals surface area contributed by atoms with Crippen molar-refractivity contribution in [1.29, 1.82) is 0 Å². The number of hydrogen-bond donors (Lipinski definition) is 3. The first-order chi connectivity index (χ1) is 12.7. The van der Waals surface area contributed by atoms with E-state index in [0.29, 0.717) is 13.1 Å². The maximum Gasteiger partial charge on any atom is 0.275 e. The summed E-state index contributed by atoms with van der Waals surface area (Å²) < 4.78 is 0.779. The van der Waals surface area contributed by atoms with E-state index in [4.69, 9.17) is 11.6 Å². The Morgan fingerprint density at radius 3 is 2.92 bits per heavy atom. The van der Waals surface area contributed by atoms with Crippen molar-refractivity contribution in [3.8, 4) is 0 Å². The molecule has 136 valence electrons. The second kappa shape index (κ2) is 9.03. The van der Waals surface area contributed by atoms with Crippen LogP contribution >= 0.6 is 22.9 Å². The molecule has 6 heteroatoms. The van der Waals surface area contributed by atoms with Gasteiger partial charge in [-0.2, -0.15) is 0 Å². The third kappa shape index (κ3) is 4.97. The van der Waals surface area contributed by atoms with Gasteiger partial charge in [-0.1, -0.05) is 36.4 Å². The molecule has 4 nitrogen and oxygen atoms in total. The van der Waals surface area contributed by atoms with E-state index in [0.717, 1.165) is 34.3 Å². The lowest BCUT2D eigenvalue weighted by molar-refractivity contribution is -0.899. The Labute approximate surface area is 162 Å². The summed E-state index contributed by atoms with van der Waals surface area (Å²) in [6.45, 7) is 6.38. The molecule has 1 aromatic carbocycles. The fraction of sp³-hybridized carbons (Fsp3) is 0.250. The lowest BCUT2D eigenvalue weighted by Gasteiger charge is -2.16. The maximum atomic E-state index is 12.3. The van der Waals surface area contributed by atoms with Gasteiger partial charge in [-0.3, -0.25) is 4.79 Å². The van der Waals surface area contributed by atoms with Gasteiger partial charge in [-0.25, -0.2) is 0 Å². The number of nitrogens with one attached hydrogen (secondary N) is 3. The number of carbonyl (C=O) groups is 1. The number of thiophene rings is 1. The van der Waals surface area contributed by atoms with Crippen LogP contribution in [0.5, 0.6) is 0 Å². The summed E-state index contributed by atoms with van der Waals surface area (Å²) in [5, 5.41) is 4.25. The SMILES string of the molecule is C=CC[NH+](CC(=O)NCCc1c[nH]c2ccccc12)Cc1ccc(Cl)s1. The summed E-state index contributed by atoms with van der Waals surface area (Å²) in [7, 11) is 0. The van der Waals surface area contributed by atoms with Gasteiger partial charge in [0.05, 0.1) is 15.8 Å². The van der Waals surface area contributed by atoms with Gasteiger partial charge in [0.2, 0.25) is 0 Å². The topological polar surface area (TPSA) is 49.3 Å². The number of quaternary nitrogens is 1. The van der Waals surface area contributed by atoms with E-state index in [2.05, 4.69) is 29.0 Å². The van der Waals surface area contributed by atoms with Crippen molar-refractivity contribution in [2.45, 2.75) is 13.0 Å². The number of aromatic amines is 1. The fourth-order valence-corrected chi connectivity index (χ4v) is 4.23. The summed E-state index contributed by atoms with van der Waals surface area (Å²) in [5.74, 6) is 0.0596. The highest BCUT2D eigenvalue weighted by Gasteiger charge is 2.15. The summed E-state index contributed by atoms with van der Waals surface area (Å²) in [4.78, 5) is 17.9. The molecule has 1 amide bonds. The third-order valence-corrected chi connectivity index (χ3v) is 5.52. The lowest BCUT2D eigenvalue weighted by atomic mass is 10.1. The molecule has 0 aliphatic carbocycles. The minimum atomic E-state index is 0.0596. The molecule has 1 unspecified atom stereocenters. The quantitative estimate of drug-likeness (QED) is 0.485. The molecule has 3 rings (SSSR count). The molecule has 2 aromatic heterocycles. The number of para-hydroxylation sites is 1. The first-order valence-corrected chi connectivity index (χ1v) is 9.85. The van der Waals surface area contributed by atoms with Gasteiger partial charge in [0.25, 0.3) is 5.91 Å². The van der Waals surface area contributed by atoms with E-state index in [1.807, 2.05) is 36.5 Å². The summed E-state index contributed by atoms with van der Waals surface area (Å²) in [5.41, 5.74) is 2.36. The van der Waals surface area contributed by atoms with Gasteiger partial charge in [0.1, 0.15) is 6.54 Å². The van der Waals surface area contributed by atoms with Gasteiger partial charge in [-0.15, -0.1) is 11.3 Å². The van der Waals surface area contributed by atoms with Gasteiger partial charge in [0.15, 0.2) is 6.54 Å². The van der Waals surface area contributed by atoms with Crippen LogP contribution < -0.4 is 10.2 Å². The molecule has 0 bridgehead atoms. The second-order valence-corrected chi connectivity index (χ2v) is 8.06. The highest BCUT2D eigenvalue weighted by molar-refractivity contribution is 7.16. The summed E-state index contributed by atoms with van der Waals surface area (Å²) in [6.07, 6.45) is 4.68. The predicted octanol–water partition coefficient (Wildman–Crippen LogP) is 2.81. The first-order valence-electron chi connectivity index (χ1n) is 8.66. The average molecular weight is 389 g/mol. The molecule has 0 saturated carbocycles. The zero-order chi connectivity index (χ0) is 18.4. The molecule has 3 N–H and O–H groups in total. The Hall–Kier alpha value is -2.08. The highest BCUT2D eigenvalue weighted by Crippen LogP contribution is 2.20. The number of aromatic nitrogens is 1. The van der Waals surface area contributed by atoms with Crippen LogP contribution in [0.25, 0.3) is 10.9 Å². The van der Waals surface area contributed by atoms with Gasteiger partial charge >= 0.3 is 0 Å². The molecule has 0 radical (unpaired) electrons. The van der Waals surface area contributed by atoms with Crippen molar-refractivity contribution < 1.29 is 9.69 Å². The van der Waals surface area contributed by atoms with Crippen molar-refractivity contribution in [2.75, 3.05) is 19.6 Å². The van der Waals surface area contributed by atoms with E-state index in [1.165, 1.54) is 15.8 Å². The van der Waals surface area contributed by atoms with Crippen molar-refractivity contribution in [3.05, 3.63) is 70.0 Å². The average Bonchev–Trinajstić information content (AvgIpc) is 3.21. The normalized spacial score (nSPS) is 12.2. The van der Waals surface area contributed by atoms with Crippen molar-refractivity contribution in [2.24, 2.45) is 0 Å². The number of amides is 1. The fourth-order valence-electron chi connectivity index (χ4n) is 3.07. The standard InChI is InChI=1S/C20H22ClN3OS/c1-2-11-24(13-16-7-8-19(21)26-16)14-20(25)22-10-9-15-12-23-18-6-4-3-5-17(15)18/h2-8,12,23H,1,9-11,13-14H2,(H,22,25)/p+1. The van der Waals surface area contributed by atoms with E-state index >= 15 is 0 Å². The van der Waals surface area contributed by atoms with E-state index in [1.54, 1.807) is 11.3 Å². The lowest BCUT2D eigenvalue weighted by Crippen LogP contribution is -3.11. The molecule has 0 fully saturated rings. The zero-order valence-electron chi connectivity index (χ0n) is 14.6. The van der Waals surface area contributed by atoms with Crippen molar-refractivity contribution in [1.82, 2.24) is 10.3 Å². The number of halogens is 1. The molecule has 26 heavy (non-hydrogen) atoms. The number of hydrogen-bond acceptors (Lipinski definition) is 2. The number of carbonyl (C=O) groups excluding carboxylic acids is 1. The van der Waals surface area contributed by atoms with Crippen LogP contribution in [0.2, 0.25) is 4.34 Å². The van der Waals surface area contributed by atoms with E-state index in [9.17, 15) is 4.79 Å². The van der Waals surface area contributed by atoms with Crippen LogP contribution in [0.15, 0.2) is 55.3 Å². The second-order valence-electron chi connectivity index (χ2n) is 6.26. The number of H-pyrrole nitrogens is 1. The van der Waals surface area contributed by atoms with Crippen LogP contribution in [0, 0.1) is 0 Å². The van der Waals surface area contributed by atoms with Crippen molar-refractivity contribution in [3.63, 3.8) is 0 Å². The predicted molar refractivity (Wildman–Crippen MR) is 109 cm³/mol. The third-order valence-electron chi connectivity index (χ3n) is 4.29. The molecule has 0 spiro atoms. The molecule has 0 saturated heterocycles. The molecular formula is C20H23ClN3OS+. The van der Waals surface area contributed by atoms with Gasteiger partial charge in [0, 0.05) is 23.6 Å². The Morgan fingerprint density at radius 2 is 2.15 bits per heavy atom. The Bertz CT molecular complexity index is 886. The molecule has 2 heterocycles. The summed E-state index contributed by atoms with van der Waals surface area (Å²) in [6, 6.07) is 12.1. The molecular weight excluding hydrogens is 366 g/mol. The number of rotatable bonds is 9. The Kier molecular flexibility index (Phi) is 6.50. The monoisotopic (exact) mass is 388 g/mol. The van der Waals surface area contributed by atoms with Crippen LogP contribution in [0.1, 0.15) is 10.4 Å². The molecule has 1 atom stereocenters. The van der Waals surface area contributed by atoms with Crippen molar-refractivity contribution >= 4 is 39.7 Å². The largest absolute Gasteiger partial charge is 0.361 e. The Morgan fingerprint density at radius 1 is 1.31 bits per heavy atom. The smallest absolute Gasteiger partial charge is 0.275 e. The zero-order valence-corrected chi connectivity index (χ0v) is 16.1. The molecule has 0 aliphatic rings. The molecule has 0 aliphatic heterocycles. The molecule has 3 aromatic rings. The van der Waals surface area contributed by atoms with Crippen LogP contribution in [-0.4, -0.2) is 30.5 Å². The minimum absolute atomic E-state index is 0.0596. The van der Waals surface area contributed by atoms with Gasteiger partial charge < -0.3 is 15.2 Å². The number of benzene rings is 1. The van der Waals surface area contributed by atoms with Crippen LogP contribution in [-0.2, 0) is 17.8 Å². The number of fused-ring (bicyclic) bond motifs is 1. The minimum Gasteiger partial charge on any atom is -0.361 e. The first kappa shape index (κ1) is 18.7. The van der Waals surface area contributed by atoms with Crippen LogP contribution in [0.3, 0.4) is 0 Å². The highest BCUT2D eigenvalue weighted by atomic mass is 35.5. The Balaban J connectivity index is 1.49. The van der Waals surface area contributed by atoms with E-state index in [-0.39, 0.29) is 5.91 Å². The maximum absolute atomic E-state index is 12.3.